The molecule has 2 heterocycles. The predicted octanol–water partition coefficient (Wildman–Crippen LogP) is 1.86. The average Bonchev–Trinajstić information content (AvgIpc) is 2.97. The minimum absolute atomic E-state index is 0. The summed E-state index contributed by atoms with van der Waals surface area (Å²) < 4.78 is 0. The van der Waals surface area contributed by atoms with Gasteiger partial charge in [0.15, 0.2) is 0 Å². The zero-order valence-corrected chi connectivity index (χ0v) is 12.9. The number of halogens is 1. The Balaban J connectivity index is 0.00000161. The quantitative estimate of drug-likeness (QED) is 0.936. The largest absolute Gasteiger partial charge is 0.330 e. The monoisotopic (exact) mass is 307 g/mol. The van der Waals surface area contributed by atoms with Crippen LogP contribution >= 0.6 is 12.4 Å². The number of nitrogens with zero attached hydrogens (tertiary/aromatic N) is 4. The predicted molar refractivity (Wildman–Crippen MR) is 85.7 cm³/mol. The molecule has 1 aliphatic rings. The van der Waals surface area contributed by atoms with Crippen molar-refractivity contribution in [3.05, 3.63) is 42.2 Å². The molecular formula is C15H22ClN5. The van der Waals surface area contributed by atoms with Gasteiger partial charge in [0.05, 0.1) is 17.6 Å². The number of hydrogen-bond acceptors (Lipinski definition) is 4. The fourth-order valence-electron chi connectivity index (χ4n) is 2.77. The summed E-state index contributed by atoms with van der Waals surface area (Å²) in [5.74, 6) is 0.632. The molecule has 5 nitrogen and oxygen atoms in total. The maximum atomic E-state index is 5.78. The second-order valence-electron chi connectivity index (χ2n) is 5.44. The van der Waals surface area contributed by atoms with Crippen LogP contribution in [0.5, 0.6) is 0 Å². The van der Waals surface area contributed by atoms with E-state index in [0.717, 1.165) is 37.6 Å². The molecule has 6 heteroatoms. The van der Waals surface area contributed by atoms with Crippen LogP contribution < -0.4 is 5.73 Å². The summed E-state index contributed by atoms with van der Waals surface area (Å²) in [6.07, 6.45) is 4.34. The lowest BCUT2D eigenvalue weighted by Gasteiger charge is -2.31. The van der Waals surface area contributed by atoms with Gasteiger partial charge >= 0.3 is 0 Å². The lowest BCUT2D eigenvalue weighted by Crippen LogP contribution is -2.37. The van der Waals surface area contributed by atoms with Gasteiger partial charge in [0, 0.05) is 13.1 Å². The average molecular weight is 308 g/mol. The first kappa shape index (κ1) is 15.9. The van der Waals surface area contributed by atoms with Gasteiger partial charge < -0.3 is 5.73 Å². The second-order valence-corrected chi connectivity index (χ2v) is 5.44. The molecule has 2 aromatic rings. The van der Waals surface area contributed by atoms with Crippen molar-refractivity contribution in [3.8, 4) is 5.69 Å². The van der Waals surface area contributed by atoms with Crippen LogP contribution in [0, 0.1) is 5.92 Å². The zero-order valence-electron chi connectivity index (χ0n) is 12.1. The topological polar surface area (TPSA) is 60.0 Å². The number of benzene rings is 1. The summed E-state index contributed by atoms with van der Waals surface area (Å²) in [7, 11) is 0. The molecule has 114 valence electrons. The van der Waals surface area contributed by atoms with Crippen molar-refractivity contribution in [2.75, 3.05) is 19.6 Å². The number of likely N-dealkylation sites (tertiary alicyclic amines) is 1. The van der Waals surface area contributed by atoms with Gasteiger partial charge in [-0.15, -0.1) is 12.4 Å². The normalized spacial score (nSPS) is 19.2. The standard InChI is InChI=1S/C15H21N5.ClH/c16-9-13-5-4-8-19(11-13)12-14-10-17-20(18-14)15-6-2-1-3-7-15;/h1-3,6-7,10,13H,4-5,8-9,11-12,16H2;1H. The number of para-hydroxylation sites is 1. The molecule has 0 amide bonds. The van der Waals surface area contributed by atoms with Gasteiger partial charge in [0.1, 0.15) is 0 Å². The van der Waals surface area contributed by atoms with Crippen molar-refractivity contribution in [1.82, 2.24) is 19.9 Å². The van der Waals surface area contributed by atoms with E-state index >= 15 is 0 Å². The van der Waals surface area contributed by atoms with Crippen LogP contribution in [0.3, 0.4) is 0 Å². The number of aromatic nitrogens is 3. The fourth-order valence-corrected chi connectivity index (χ4v) is 2.77. The summed E-state index contributed by atoms with van der Waals surface area (Å²) in [5.41, 5.74) is 7.80. The Kier molecular flexibility index (Phi) is 5.73. The van der Waals surface area contributed by atoms with Crippen LogP contribution in [0.15, 0.2) is 36.5 Å². The van der Waals surface area contributed by atoms with E-state index in [1.165, 1.54) is 12.8 Å². The smallest absolute Gasteiger partial charge is 0.0971 e. The summed E-state index contributed by atoms with van der Waals surface area (Å²) in [6.45, 7) is 3.86. The molecule has 1 aliphatic heterocycles. The third kappa shape index (κ3) is 4.03. The van der Waals surface area contributed by atoms with Crippen molar-refractivity contribution in [3.63, 3.8) is 0 Å². The van der Waals surface area contributed by atoms with Gasteiger partial charge in [-0.25, -0.2) is 0 Å². The van der Waals surface area contributed by atoms with E-state index in [2.05, 4.69) is 15.1 Å². The maximum Gasteiger partial charge on any atom is 0.0971 e. The fraction of sp³-hybridized carbons (Fsp3) is 0.467. The van der Waals surface area contributed by atoms with Gasteiger partial charge in [-0.2, -0.15) is 15.0 Å². The van der Waals surface area contributed by atoms with E-state index < -0.39 is 0 Å². The Labute approximate surface area is 131 Å². The maximum absolute atomic E-state index is 5.78. The van der Waals surface area contributed by atoms with Crippen molar-refractivity contribution >= 4 is 12.4 Å². The van der Waals surface area contributed by atoms with Crippen LogP contribution in [0.2, 0.25) is 0 Å². The molecule has 3 rings (SSSR count). The van der Waals surface area contributed by atoms with Crippen molar-refractivity contribution in [2.24, 2.45) is 11.7 Å². The Hall–Kier alpha value is -1.43. The lowest BCUT2D eigenvalue weighted by molar-refractivity contribution is 0.169. The first-order chi connectivity index (χ1) is 9.85. The summed E-state index contributed by atoms with van der Waals surface area (Å²) in [4.78, 5) is 4.13. The molecule has 1 aromatic heterocycles. The molecule has 0 aliphatic carbocycles. The Bertz CT molecular complexity index is 542. The van der Waals surface area contributed by atoms with Crippen LogP contribution in [0.4, 0.5) is 0 Å². The van der Waals surface area contributed by atoms with Crippen LogP contribution in [0.25, 0.3) is 5.69 Å². The Morgan fingerprint density at radius 2 is 2.05 bits per heavy atom. The Morgan fingerprint density at radius 1 is 1.24 bits per heavy atom. The van der Waals surface area contributed by atoms with Gasteiger partial charge in [-0.3, -0.25) is 4.90 Å². The van der Waals surface area contributed by atoms with E-state index in [9.17, 15) is 0 Å². The minimum atomic E-state index is 0. The first-order valence-corrected chi connectivity index (χ1v) is 7.24. The van der Waals surface area contributed by atoms with Gasteiger partial charge in [-0.05, 0) is 44.0 Å². The second kappa shape index (κ2) is 7.54. The van der Waals surface area contributed by atoms with E-state index in [1.807, 2.05) is 36.5 Å². The molecule has 21 heavy (non-hydrogen) atoms. The highest BCUT2D eigenvalue weighted by Gasteiger charge is 2.19. The molecule has 1 aromatic carbocycles. The highest BCUT2D eigenvalue weighted by Crippen LogP contribution is 2.17. The van der Waals surface area contributed by atoms with Gasteiger partial charge in [-0.1, -0.05) is 18.2 Å². The van der Waals surface area contributed by atoms with Crippen LogP contribution in [-0.4, -0.2) is 39.5 Å². The number of piperidine rings is 1. The van der Waals surface area contributed by atoms with Crippen molar-refractivity contribution < 1.29 is 0 Å². The highest BCUT2D eigenvalue weighted by atomic mass is 35.5. The third-order valence-corrected chi connectivity index (χ3v) is 3.85. The molecule has 1 unspecified atom stereocenters. The zero-order chi connectivity index (χ0) is 13.8. The SMILES string of the molecule is Cl.NCC1CCCN(Cc2cnn(-c3ccccc3)n2)C1. The number of nitrogens with two attached hydrogens (primary N) is 1. The molecule has 0 radical (unpaired) electrons. The van der Waals surface area contributed by atoms with Crippen LogP contribution in [-0.2, 0) is 6.54 Å². The van der Waals surface area contributed by atoms with Gasteiger partial charge in [0.2, 0.25) is 0 Å². The van der Waals surface area contributed by atoms with Crippen LogP contribution in [0.1, 0.15) is 18.5 Å². The van der Waals surface area contributed by atoms with E-state index in [-0.39, 0.29) is 12.4 Å². The van der Waals surface area contributed by atoms with E-state index in [1.54, 1.807) is 4.80 Å². The molecule has 0 bridgehead atoms. The van der Waals surface area contributed by atoms with Gasteiger partial charge in [0.25, 0.3) is 0 Å². The molecule has 0 saturated carbocycles. The molecule has 2 N–H and O–H groups in total. The summed E-state index contributed by atoms with van der Waals surface area (Å²) >= 11 is 0. The third-order valence-electron chi connectivity index (χ3n) is 3.85. The molecule has 1 saturated heterocycles. The van der Waals surface area contributed by atoms with Crippen molar-refractivity contribution in [2.45, 2.75) is 19.4 Å². The minimum Gasteiger partial charge on any atom is -0.330 e. The molecule has 1 fully saturated rings. The highest BCUT2D eigenvalue weighted by molar-refractivity contribution is 5.85. The molecular weight excluding hydrogens is 286 g/mol. The first-order valence-electron chi connectivity index (χ1n) is 7.24. The van der Waals surface area contributed by atoms with Crippen molar-refractivity contribution in [1.29, 1.82) is 0 Å². The number of hydrogen-bond donors (Lipinski definition) is 1. The molecule has 1 atom stereocenters. The lowest BCUT2D eigenvalue weighted by atomic mass is 9.98. The summed E-state index contributed by atoms with van der Waals surface area (Å²) in [6, 6.07) is 10.0. The Morgan fingerprint density at radius 3 is 2.81 bits per heavy atom. The van der Waals surface area contributed by atoms with E-state index in [0.29, 0.717) is 5.92 Å². The van der Waals surface area contributed by atoms with E-state index in [4.69, 9.17) is 5.73 Å². The summed E-state index contributed by atoms with van der Waals surface area (Å²) in [5, 5.41) is 8.90. The molecule has 0 spiro atoms. The number of rotatable bonds is 4.